The fourth-order valence-corrected chi connectivity index (χ4v) is 2.67. The van der Waals surface area contributed by atoms with Crippen LogP contribution in [0.15, 0.2) is 0 Å². The van der Waals surface area contributed by atoms with E-state index in [0.717, 1.165) is 0 Å². The van der Waals surface area contributed by atoms with Crippen LogP contribution < -0.4 is 5.32 Å². The largest absolute Gasteiger partial charge is 0.481 e. The van der Waals surface area contributed by atoms with Gasteiger partial charge in [-0.1, -0.05) is 6.92 Å². The minimum Gasteiger partial charge on any atom is -0.481 e. The van der Waals surface area contributed by atoms with E-state index in [9.17, 15) is 19.2 Å². The van der Waals surface area contributed by atoms with Crippen LogP contribution in [0.4, 0.5) is 0 Å². The molecule has 2 unspecified atom stereocenters. The second-order valence-electron chi connectivity index (χ2n) is 6.02. The Hall–Kier alpha value is -2.20. The van der Waals surface area contributed by atoms with Crippen LogP contribution in [0.25, 0.3) is 0 Å². The van der Waals surface area contributed by atoms with Gasteiger partial charge in [0.15, 0.2) is 6.29 Å². The predicted molar refractivity (Wildman–Crippen MR) is 85.8 cm³/mol. The Bertz CT molecular complexity index is 534. The number of aliphatic carboxylic acids is 1. The normalized spacial score (nSPS) is 28.1. The summed E-state index contributed by atoms with van der Waals surface area (Å²) in [6, 6.07) is -0.681. The van der Waals surface area contributed by atoms with Gasteiger partial charge in [0, 0.05) is 26.7 Å². The number of esters is 2. The first-order chi connectivity index (χ1) is 12.1. The van der Waals surface area contributed by atoms with E-state index in [1.165, 1.54) is 20.8 Å². The molecule has 1 fully saturated rings. The molecule has 26 heavy (non-hydrogen) atoms. The highest BCUT2D eigenvalue weighted by molar-refractivity contribution is 5.73. The van der Waals surface area contributed by atoms with Gasteiger partial charge in [-0.2, -0.15) is 0 Å². The van der Waals surface area contributed by atoms with Crippen molar-refractivity contribution in [2.75, 3.05) is 13.2 Å². The third kappa shape index (κ3) is 6.96. The first-order valence-corrected chi connectivity index (χ1v) is 8.18. The molecular weight excluding hydrogens is 350 g/mol. The number of rotatable bonds is 8. The standard InChI is InChI=1S/C16H25NO9/c1-8-14(17-9(2)18)16(23-6-5-13(21)22)26-12(7-24-10(3)19)15(8)25-11(4)20/h8,12,14-16H,5-7H2,1-4H3,(H,17,18)(H,21,22)/t8-,12?,14?,15-,16-/m1/s1. The molecule has 1 heterocycles. The summed E-state index contributed by atoms with van der Waals surface area (Å²) in [5.74, 6) is -2.91. The van der Waals surface area contributed by atoms with Crippen LogP contribution in [-0.2, 0) is 38.1 Å². The van der Waals surface area contributed by atoms with Gasteiger partial charge >= 0.3 is 17.9 Å². The van der Waals surface area contributed by atoms with Crippen LogP contribution in [0.3, 0.4) is 0 Å². The Morgan fingerprint density at radius 1 is 1.12 bits per heavy atom. The zero-order chi connectivity index (χ0) is 19.9. The second kappa shape index (κ2) is 10.1. The Balaban J connectivity index is 2.97. The first kappa shape index (κ1) is 21.8. The lowest BCUT2D eigenvalue weighted by Gasteiger charge is -2.44. The van der Waals surface area contributed by atoms with Crippen molar-refractivity contribution in [1.29, 1.82) is 0 Å². The molecular formula is C16H25NO9. The van der Waals surface area contributed by atoms with Crippen molar-refractivity contribution in [3.63, 3.8) is 0 Å². The van der Waals surface area contributed by atoms with E-state index in [2.05, 4.69) is 5.32 Å². The third-order valence-electron chi connectivity index (χ3n) is 3.77. The van der Waals surface area contributed by atoms with Crippen LogP contribution >= 0.6 is 0 Å². The van der Waals surface area contributed by atoms with Gasteiger partial charge in [0.1, 0.15) is 18.8 Å². The molecule has 0 bridgehead atoms. The summed E-state index contributed by atoms with van der Waals surface area (Å²) in [5.41, 5.74) is 0. The number of hydrogen-bond acceptors (Lipinski definition) is 8. The number of carbonyl (C=O) groups excluding carboxylic acids is 3. The monoisotopic (exact) mass is 375 g/mol. The molecule has 1 saturated heterocycles. The number of carboxylic acid groups (broad SMARTS) is 1. The minimum absolute atomic E-state index is 0.138. The molecule has 2 N–H and O–H groups in total. The lowest BCUT2D eigenvalue weighted by molar-refractivity contribution is -0.262. The van der Waals surface area contributed by atoms with Crippen molar-refractivity contribution < 1.29 is 43.2 Å². The van der Waals surface area contributed by atoms with Crippen molar-refractivity contribution in [2.45, 2.75) is 58.7 Å². The number of amides is 1. The molecule has 1 aliphatic rings. The van der Waals surface area contributed by atoms with Gasteiger partial charge in [-0.15, -0.1) is 0 Å². The van der Waals surface area contributed by atoms with Crippen molar-refractivity contribution >= 4 is 23.8 Å². The highest BCUT2D eigenvalue weighted by atomic mass is 16.7. The van der Waals surface area contributed by atoms with E-state index in [1.54, 1.807) is 6.92 Å². The average Bonchev–Trinajstić information content (AvgIpc) is 2.50. The zero-order valence-electron chi connectivity index (χ0n) is 15.2. The van der Waals surface area contributed by atoms with Crippen molar-refractivity contribution in [3.8, 4) is 0 Å². The number of ether oxygens (including phenoxy) is 4. The first-order valence-electron chi connectivity index (χ1n) is 8.18. The molecule has 1 rings (SSSR count). The summed E-state index contributed by atoms with van der Waals surface area (Å²) < 4.78 is 21.5. The van der Waals surface area contributed by atoms with Crippen LogP contribution in [-0.4, -0.2) is 66.7 Å². The third-order valence-corrected chi connectivity index (χ3v) is 3.77. The predicted octanol–water partition coefficient (Wildman–Crippen LogP) is -0.162. The molecule has 5 atom stereocenters. The second-order valence-corrected chi connectivity index (χ2v) is 6.02. The average molecular weight is 375 g/mol. The SMILES string of the molecule is CC(=O)NC1[C@H](OCCC(=O)O)OC(COC(C)=O)[C@H](OC(C)=O)[C@@H]1C. The maximum atomic E-state index is 11.5. The van der Waals surface area contributed by atoms with E-state index in [0.29, 0.717) is 0 Å². The van der Waals surface area contributed by atoms with Crippen LogP contribution in [0.2, 0.25) is 0 Å². The van der Waals surface area contributed by atoms with E-state index in [4.69, 9.17) is 24.1 Å². The van der Waals surface area contributed by atoms with Gasteiger partial charge in [-0.3, -0.25) is 19.2 Å². The number of nitrogens with one attached hydrogen (secondary N) is 1. The Morgan fingerprint density at radius 3 is 2.27 bits per heavy atom. The molecule has 10 heteroatoms. The van der Waals surface area contributed by atoms with E-state index < -0.39 is 48.4 Å². The van der Waals surface area contributed by atoms with E-state index in [-0.39, 0.29) is 25.5 Å². The Kier molecular flexibility index (Phi) is 8.46. The lowest BCUT2D eigenvalue weighted by Crippen LogP contribution is -2.62. The van der Waals surface area contributed by atoms with Crippen LogP contribution in [0, 0.1) is 5.92 Å². The van der Waals surface area contributed by atoms with Crippen molar-refractivity contribution in [2.24, 2.45) is 5.92 Å². The molecule has 0 saturated carbocycles. The van der Waals surface area contributed by atoms with Crippen LogP contribution in [0.5, 0.6) is 0 Å². The molecule has 1 amide bonds. The fraction of sp³-hybridized carbons (Fsp3) is 0.750. The van der Waals surface area contributed by atoms with Crippen molar-refractivity contribution in [3.05, 3.63) is 0 Å². The molecule has 1 aliphatic heterocycles. The molecule has 0 spiro atoms. The Labute approximate surface area is 151 Å². The molecule has 0 aromatic heterocycles. The van der Waals surface area contributed by atoms with Gasteiger partial charge in [0.25, 0.3) is 0 Å². The summed E-state index contributed by atoms with van der Waals surface area (Å²) in [4.78, 5) is 44.7. The highest BCUT2D eigenvalue weighted by Gasteiger charge is 2.46. The quantitative estimate of drug-likeness (QED) is 0.554. The van der Waals surface area contributed by atoms with Gasteiger partial charge in [-0.25, -0.2) is 0 Å². The topological polar surface area (TPSA) is 137 Å². The summed E-state index contributed by atoms with van der Waals surface area (Å²) in [5, 5.41) is 11.4. The zero-order valence-corrected chi connectivity index (χ0v) is 15.2. The molecule has 10 nitrogen and oxygen atoms in total. The maximum Gasteiger partial charge on any atom is 0.305 e. The molecule has 0 aromatic carbocycles. The highest BCUT2D eigenvalue weighted by Crippen LogP contribution is 2.29. The molecule has 0 radical (unpaired) electrons. The molecule has 148 valence electrons. The molecule has 0 aliphatic carbocycles. The van der Waals surface area contributed by atoms with Crippen molar-refractivity contribution in [1.82, 2.24) is 5.32 Å². The van der Waals surface area contributed by atoms with Gasteiger partial charge < -0.3 is 29.4 Å². The number of hydrogen-bond donors (Lipinski definition) is 2. The van der Waals surface area contributed by atoms with Crippen LogP contribution in [0.1, 0.15) is 34.1 Å². The summed E-state index contributed by atoms with van der Waals surface area (Å²) in [6.45, 7) is 5.19. The fourth-order valence-electron chi connectivity index (χ4n) is 2.67. The number of carbonyl (C=O) groups is 4. The van der Waals surface area contributed by atoms with Gasteiger partial charge in [0.05, 0.1) is 19.1 Å². The Morgan fingerprint density at radius 2 is 1.77 bits per heavy atom. The minimum atomic E-state index is -1.04. The van der Waals surface area contributed by atoms with Gasteiger partial charge in [0.2, 0.25) is 5.91 Å². The van der Waals surface area contributed by atoms with E-state index in [1.807, 2.05) is 0 Å². The molecule has 0 aromatic rings. The summed E-state index contributed by atoms with van der Waals surface area (Å²) >= 11 is 0. The van der Waals surface area contributed by atoms with Gasteiger partial charge in [-0.05, 0) is 0 Å². The summed E-state index contributed by atoms with van der Waals surface area (Å²) in [7, 11) is 0. The number of carboxylic acids is 1. The lowest BCUT2D eigenvalue weighted by atomic mass is 9.88. The maximum absolute atomic E-state index is 11.5. The summed E-state index contributed by atoms with van der Waals surface area (Å²) in [6.07, 6.45) is -2.84. The smallest absolute Gasteiger partial charge is 0.305 e. The van der Waals surface area contributed by atoms with E-state index >= 15 is 0 Å².